The number of hydrogen-bond donors (Lipinski definition) is 0. The van der Waals surface area contributed by atoms with E-state index in [-0.39, 0.29) is 5.41 Å². The Balaban J connectivity index is 0.873. The van der Waals surface area contributed by atoms with Crippen LogP contribution in [0.2, 0.25) is 0 Å². The minimum atomic E-state index is -0.261. The molecule has 4 heteroatoms. The van der Waals surface area contributed by atoms with Gasteiger partial charge in [-0.3, -0.25) is 0 Å². The number of nitrogens with zero attached hydrogens (tertiary/aromatic N) is 2. The molecule has 0 amide bonds. The SMILES string of the molecule is CC1(C)c2cc(N(c3ccccc3)c3cccc4c3oc3c(C5CCCCC5)cccc34)ccc2-c2cc3ccc(N(c4ccccc4)c4cccc5c4oc4c(C6CCCCC6)cccc45)cc3cc21. The molecular weight excluding hydrogens is 865 g/mol. The zero-order valence-corrected chi connectivity index (χ0v) is 40.8. The summed E-state index contributed by atoms with van der Waals surface area (Å²) >= 11 is 0. The van der Waals surface area contributed by atoms with Crippen molar-refractivity contribution in [2.45, 2.75) is 95.3 Å². The number of hydrogen-bond acceptors (Lipinski definition) is 4. The van der Waals surface area contributed by atoms with E-state index in [0.29, 0.717) is 11.8 Å². The number of furan rings is 2. The number of anilines is 6. The summed E-state index contributed by atoms with van der Waals surface area (Å²) in [6, 6.07) is 67.5. The first-order valence-electron chi connectivity index (χ1n) is 26.3. The van der Waals surface area contributed by atoms with Crippen LogP contribution in [-0.2, 0) is 5.41 Å². The second-order valence-electron chi connectivity index (χ2n) is 21.3. The van der Waals surface area contributed by atoms with Gasteiger partial charge in [-0.25, -0.2) is 0 Å². The van der Waals surface area contributed by atoms with Crippen molar-refractivity contribution in [1.29, 1.82) is 0 Å². The Morgan fingerprint density at radius 1 is 0.366 bits per heavy atom. The molecule has 11 aromatic rings. The van der Waals surface area contributed by atoms with Crippen molar-refractivity contribution < 1.29 is 8.83 Å². The first kappa shape index (κ1) is 42.3. The average molecular weight is 923 g/mol. The topological polar surface area (TPSA) is 32.8 Å². The summed E-state index contributed by atoms with van der Waals surface area (Å²) in [6.07, 6.45) is 12.8. The highest BCUT2D eigenvalue weighted by Crippen LogP contribution is 2.54. The van der Waals surface area contributed by atoms with Crippen LogP contribution in [0.3, 0.4) is 0 Å². The molecule has 0 atom stereocenters. The van der Waals surface area contributed by atoms with Gasteiger partial charge < -0.3 is 18.6 Å². The number of rotatable bonds is 8. The van der Waals surface area contributed by atoms with Crippen molar-refractivity contribution in [2.75, 3.05) is 9.80 Å². The lowest BCUT2D eigenvalue weighted by Crippen LogP contribution is -2.16. The first-order valence-corrected chi connectivity index (χ1v) is 26.3. The van der Waals surface area contributed by atoms with E-state index in [0.717, 1.165) is 61.8 Å². The fraction of sp³-hybridized carbons (Fsp3) is 0.224. The van der Waals surface area contributed by atoms with E-state index < -0.39 is 0 Å². The van der Waals surface area contributed by atoms with Gasteiger partial charge >= 0.3 is 0 Å². The zero-order valence-electron chi connectivity index (χ0n) is 40.8. The summed E-state index contributed by atoms with van der Waals surface area (Å²) in [5.41, 5.74) is 18.2. The van der Waals surface area contributed by atoms with Gasteiger partial charge in [-0.15, -0.1) is 0 Å². The van der Waals surface area contributed by atoms with Gasteiger partial charge in [0.25, 0.3) is 0 Å². The van der Waals surface area contributed by atoms with Gasteiger partial charge in [0.2, 0.25) is 0 Å². The predicted octanol–water partition coefficient (Wildman–Crippen LogP) is 20.0. The van der Waals surface area contributed by atoms with Crippen LogP contribution in [0, 0.1) is 0 Å². The Bertz CT molecular complexity index is 3830. The maximum atomic E-state index is 7.12. The van der Waals surface area contributed by atoms with Gasteiger partial charge in [-0.05, 0) is 154 Å². The van der Waals surface area contributed by atoms with Gasteiger partial charge in [0.15, 0.2) is 11.2 Å². The molecule has 348 valence electrons. The van der Waals surface area contributed by atoms with Gasteiger partial charge in [0.05, 0.1) is 11.4 Å². The number of fused-ring (bicyclic) bond motifs is 10. The van der Waals surface area contributed by atoms with Crippen molar-refractivity contribution in [3.8, 4) is 11.1 Å². The molecule has 4 nitrogen and oxygen atoms in total. The normalized spacial score (nSPS) is 16.0. The molecule has 14 rings (SSSR count). The second-order valence-corrected chi connectivity index (χ2v) is 21.3. The van der Waals surface area contributed by atoms with Crippen LogP contribution in [0.25, 0.3) is 65.8 Å². The maximum Gasteiger partial charge on any atom is 0.159 e. The van der Waals surface area contributed by atoms with E-state index in [4.69, 9.17) is 8.83 Å². The van der Waals surface area contributed by atoms with Crippen LogP contribution < -0.4 is 9.80 Å². The van der Waals surface area contributed by atoms with E-state index in [9.17, 15) is 0 Å². The molecule has 0 N–H and O–H groups in total. The molecule has 0 saturated heterocycles. The molecule has 0 radical (unpaired) electrons. The predicted molar refractivity (Wildman–Crippen MR) is 297 cm³/mol. The maximum absolute atomic E-state index is 7.12. The standard InChI is InChI=1S/C67H58N2O2/c1-67(2)59-41-46-39-49(68(47-23-11-5-12-24-47)61-33-17-31-56-54-29-15-27-51(63(54)70-65(56)61)43-19-7-3-8-20-43)36-35-45(46)40-58(59)53-38-37-50(42-60(53)67)69(48-25-13-6-14-26-48)62-34-18-32-57-55-30-16-28-52(64(55)71-66(57)62)44-21-9-4-10-22-44/h5-6,11-18,23-44H,3-4,7-10,19-22H2,1-2H3. The van der Waals surface area contributed by atoms with Gasteiger partial charge in [0, 0.05) is 49.7 Å². The molecule has 2 heterocycles. The third-order valence-corrected chi connectivity index (χ3v) is 16.8. The summed E-state index contributed by atoms with van der Waals surface area (Å²) in [5, 5.41) is 7.19. The molecule has 3 aliphatic rings. The van der Waals surface area contributed by atoms with E-state index in [1.807, 2.05) is 0 Å². The minimum absolute atomic E-state index is 0.261. The Morgan fingerprint density at radius 3 is 1.37 bits per heavy atom. The van der Waals surface area contributed by atoms with Crippen molar-refractivity contribution in [3.63, 3.8) is 0 Å². The third-order valence-electron chi connectivity index (χ3n) is 16.8. The van der Waals surface area contributed by atoms with Crippen LogP contribution in [0.1, 0.15) is 112 Å². The highest BCUT2D eigenvalue weighted by atomic mass is 16.3. The van der Waals surface area contributed by atoms with Crippen LogP contribution in [-0.4, -0.2) is 0 Å². The molecule has 2 saturated carbocycles. The lowest BCUT2D eigenvalue weighted by Gasteiger charge is -2.28. The molecule has 9 aromatic carbocycles. The Hall–Kier alpha value is -7.56. The van der Waals surface area contributed by atoms with Crippen LogP contribution >= 0.6 is 0 Å². The van der Waals surface area contributed by atoms with E-state index >= 15 is 0 Å². The van der Waals surface area contributed by atoms with Crippen molar-refractivity contribution in [2.24, 2.45) is 0 Å². The molecule has 0 unspecified atom stereocenters. The van der Waals surface area contributed by atoms with Crippen molar-refractivity contribution in [1.82, 2.24) is 0 Å². The van der Waals surface area contributed by atoms with Crippen LogP contribution in [0.5, 0.6) is 0 Å². The third kappa shape index (κ3) is 6.85. The summed E-state index contributed by atoms with van der Waals surface area (Å²) in [7, 11) is 0. The van der Waals surface area contributed by atoms with E-state index in [1.54, 1.807) is 0 Å². The monoisotopic (exact) mass is 922 g/mol. The highest BCUT2D eigenvalue weighted by Gasteiger charge is 2.37. The van der Waals surface area contributed by atoms with Crippen LogP contribution in [0.15, 0.2) is 191 Å². The van der Waals surface area contributed by atoms with Crippen LogP contribution in [0.4, 0.5) is 34.1 Å². The largest absolute Gasteiger partial charge is 0.454 e. The zero-order chi connectivity index (χ0) is 47.2. The number of para-hydroxylation sites is 6. The molecule has 0 spiro atoms. The summed E-state index contributed by atoms with van der Waals surface area (Å²) in [6.45, 7) is 4.80. The fourth-order valence-electron chi connectivity index (χ4n) is 13.2. The molecule has 0 bridgehead atoms. The summed E-state index contributed by atoms with van der Waals surface area (Å²) in [5.74, 6) is 1.09. The van der Waals surface area contributed by atoms with Gasteiger partial charge in [-0.1, -0.05) is 162 Å². The van der Waals surface area contributed by atoms with Crippen molar-refractivity contribution in [3.05, 3.63) is 204 Å². The molecule has 2 aromatic heterocycles. The molecule has 3 aliphatic carbocycles. The molecular formula is C67H58N2O2. The quantitative estimate of drug-likeness (QED) is 0.152. The summed E-state index contributed by atoms with van der Waals surface area (Å²) < 4.78 is 14.2. The first-order chi connectivity index (χ1) is 35.0. The molecule has 0 aliphatic heterocycles. The highest BCUT2D eigenvalue weighted by molar-refractivity contribution is 6.13. The van der Waals surface area contributed by atoms with E-state index in [2.05, 4.69) is 206 Å². The Labute approximate surface area is 416 Å². The van der Waals surface area contributed by atoms with Gasteiger partial charge in [0.1, 0.15) is 11.2 Å². The van der Waals surface area contributed by atoms with E-state index in [1.165, 1.54) is 125 Å². The molecule has 2 fully saturated rings. The summed E-state index contributed by atoms with van der Waals surface area (Å²) in [4.78, 5) is 4.80. The minimum Gasteiger partial charge on any atom is -0.454 e. The lowest BCUT2D eigenvalue weighted by molar-refractivity contribution is 0.442. The Kier molecular flexibility index (Phi) is 10.0. The second kappa shape index (κ2) is 16.8. The lowest BCUT2D eigenvalue weighted by atomic mass is 9.81. The smallest absolute Gasteiger partial charge is 0.159 e. The Morgan fingerprint density at radius 2 is 0.831 bits per heavy atom. The molecule has 71 heavy (non-hydrogen) atoms. The number of benzene rings is 9. The average Bonchev–Trinajstić information content (AvgIpc) is 4.08. The fourth-order valence-corrected chi connectivity index (χ4v) is 13.2. The van der Waals surface area contributed by atoms with Crippen molar-refractivity contribution >= 4 is 88.8 Å². The van der Waals surface area contributed by atoms with Gasteiger partial charge in [-0.2, -0.15) is 0 Å².